The molecule has 5 heteroatoms. The summed E-state index contributed by atoms with van der Waals surface area (Å²) in [6.45, 7) is 2.51. The third-order valence-corrected chi connectivity index (χ3v) is 3.18. The van der Waals surface area contributed by atoms with Crippen molar-refractivity contribution in [3.63, 3.8) is 0 Å². The van der Waals surface area contributed by atoms with Crippen LogP contribution in [0, 0.1) is 0 Å². The molecular formula is C17H16N2O3. The molecule has 22 heavy (non-hydrogen) atoms. The number of hydrogen-bond acceptors (Lipinski definition) is 5. The van der Waals surface area contributed by atoms with Crippen molar-refractivity contribution in [1.29, 1.82) is 0 Å². The fourth-order valence-electron chi connectivity index (χ4n) is 2.19. The lowest BCUT2D eigenvalue weighted by Crippen LogP contribution is -1.93. The largest absolute Gasteiger partial charge is 0.496 e. The van der Waals surface area contributed by atoms with E-state index in [4.69, 9.17) is 13.9 Å². The Balaban J connectivity index is 2.01. The summed E-state index contributed by atoms with van der Waals surface area (Å²) in [6, 6.07) is 15.1. The normalized spacial score (nSPS) is 10.5. The molecule has 2 aromatic carbocycles. The van der Waals surface area contributed by atoms with Crippen molar-refractivity contribution in [3.05, 3.63) is 48.5 Å². The first-order valence-electron chi connectivity index (χ1n) is 7.02. The molecule has 0 amide bonds. The Morgan fingerprint density at radius 3 is 2.00 bits per heavy atom. The number of nitrogens with zero attached hydrogens (tertiary/aromatic N) is 2. The van der Waals surface area contributed by atoms with Crippen LogP contribution in [0.1, 0.15) is 6.92 Å². The summed E-state index contributed by atoms with van der Waals surface area (Å²) < 4.78 is 16.7. The lowest BCUT2D eigenvalue weighted by molar-refractivity contribution is 0.340. The Hall–Kier alpha value is -2.82. The van der Waals surface area contributed by atoms with E-state index in [9.17, 15) is 0 Å². The zero-order valence-corrected chi connectivity index (χ0v) is 12.4. The molecule has 0 fully saturated rings. The van der Waals surface area contributed by atoms with Crippen LogP contribution in [0.25, 0.3) is 22.9 Å². The van der Waals surface area contributed by atoms with Gasteiger partial charge in [0.15, 0.2) is 0 Å². The average Bonchev–Trinajstić information content (AvgIpc) is 3.05. The van der Waals surface area contributed by atoms with Gasteiger partial charge in [-0.3, -0.25) is 0 Å². The summed E-state index contributed by atoms with van der Waals surface area (Å²) >= 11 is 0. The molecule has 0 unspecified atom stereocenters. The first-order valence-corrected chi connectivity index (χ1v) is 7.02. The molecule has 0 aliphatic heterocycles. The molecule has 0 bridgehead atoms. The van der Waals surface area contributed by atoms with Crippen LogP contribution in [0.15, 0.2) is 52.9 Å². The van der Waals surface area contributed by atoms with Gasteiger partial charge in [-0.25, -0.2) is 0 Å². The van der Waals surface area contributed by atoms with E-state index in [-0.39, 0.29) is 0 Å². The highest BCUT2D eigenvalue weighted by atomic mass is 16.5. The predicted octanol–water partition coefficient (Wildman–Crippen LogP) is 3.81. The molecule has 1 aromatic heterocycles. The van der Waals surface area contributed by atoms with E-state index >= 15 is 0 Å². The molecule has 3 aromatic rings. The van der Waals surface area contributed by atoms with Gasteiger partial charge in [0.1, 0.15) is 11.5 Å². The highest BCUT2D eigenvalue weighted by Crippen LogP contribution is 2.33. The van der Waals surface area contributed by atoms with Gasteiger partial charge in [0.25, 0.3) is 11.8 Å². The molecule has 0 N–H and O–H groups in total. The Kier molecular flexibility index (Phi) is 4.05. The number of aromatic nitrogens is 2. The maximum absolute atomic E-state index is 5.80. The van der Waals surface area contributed by atoms with Crippen LogP contribution in [-0.4, -0.2) is 23.9 Å². The third kappa shape index (κ3) is 2.65. The molecule has 0 radical (unpaired) electrons. The third-order valence-electron chi connectivity index (χ3n) is 3.18. The summed E-state index contributed by atoms with van der Waals surface area (Å²) in [5.41, 5.74) is 1.54. The second-order valence-corrected chi connectivity index (χ2v) is 4.54. The lowest BCUT2D eigenvalue weighted by atomic mass is 10.2. The smallest absolute Gasteiger partial charge is 0.251 e. The molecule has 0 spiro atoms. The van der Waals surface area contributed by atoms with Crippen LogP contribution in [0.2, 0.25) is 0 Å². The quantitative estimate of drug-likeness (QED) is 0.716. The Bertz CT molecular complexity index is 768. The van der Waals surface area contributed by atoms with Crippen molar-refractivity contribution in [2.24, 2.45) is 0 Å². The van der Waals surface area contributed by atoms with Crippen molar-refractivity contribution in [2.45, 2.75) is 6.92 Å². The monoisotopic (exact) mass is 296 g/mol. The van der Waals surface area contributed by atoms with Crippen LogP contribution in [-0.2, 0) is 0 Å². The first-order chi connectivity index (χ1) is 10.8. The highest BCUT2D eigenvalue weighted by molar-refractivity contribution is 5.66. The van der Waals surface area contributed by atoms with Gasteiger partial charge in [-0.15, -0.1) is 10.2 Å². The molecule has 5 nitrogen and oxygen atoms in total. The lowest BCUT2D eigenvalue weighted by Gasteiger charge is -2.06. The van der Waals surface area contributed by atoms with Crippen molar-refractivity contribution >= 4 is 0 Å². The maximum atomic E-state index is 5.80. The van der Waals surface area contributed by atoms with Gasteiger partial charge in [0, 0.05) is 0 Å². The molecule has 0 saturated heterocycles. The number of ether oxygens (including phenoxy) is 2. The van der Waals surface area contributed by atoms with Crippen molar-refractivity contribution in [1.82, 2.24) is 10.2 Å². The number of para-hydroxylation sites is 2. The molecule has 0 saturated carbocycles. The molecular weight excluding hydrogens is 280 g/mol. The minimum Gasteiger partial charge on any atom is -0.496 e. The van der Waals surface area contributed by atoms with E-state index in [1.165, 1.54) is 0 Å². The van der Waals surface area contributed by atoms with Crippen LogP contribution >= 0.6 is 0 Å². The maximum Gasteiger partial charge on any atom is 0.251 e. The fourth-order valence-corrected chi connectivity index (χ4v) is 2.19. The second-order valence-electron chi connectivity index (χ2n) is 4.54. The zero-order valence-electron chi connectivity index (χ0n) is 12.4. The van der Waals surface area contributed by atoms with Gasteiger partial charge in [0.05, 0.1) is 24.8 Å². The molecule has 3 rings (SSSR count). The SMILES string of the molecule is CCOc1ccccc1-c1nnc(-c2ccccc2OC)o1. The summed E-state index contributed by atoms with van der Waals surface area (Å²) in [5.74, 6) is 2.25. The van der Waals surface area contributed by atoms with Crippen molar-refractivity contribution in [3.8, 4) is 34.4 Å². The van der Waals surface area contributed by atoms with E-state index in [1.54, 1.807) is 7.11 Å². The van der Waals surface area contributed by atoms with Crippen LogP contribution in [0.3, 0.4) is 0 Å². The van der Waals surface area contributed by atoms with Gasteiger partial charge in [-0.2, -0.15) is 0 Å². The van der Waals surface area contributed by atoms with E-state index in [2.05, 4.69) is 10.2 Å². The summed E-state index contributed by atoms with van der Waals surface area (Å²) in [4.78, 5) is 0. The number of benzene rings is 2. The van der Waals surface area contributed by atoms with Gasteiger partial charge >= 0.3 is 0 Å². The van der Waals surface area contributed by atoms with Crippen molar-refractivity contribution < 1.29 is 13.9 Å². The minimum absolute atomic E-state index is 0.416. The topological polar surface area (TPSA) is 57.4 Å². The van der Waals surface area contributed by atoms with E-state index < -0.39 is 0 Å². The highest BCUT2D eigenvalue weighted by Gasteiger charge is 2.16. The Morgan fingerprint density at radius 2 is 1.41 bits per heavy atom. The van der Waals surface area contributed by atoms with E-state index in [0.29, 0.717) is 24.1 Å². The van der Waals surface area contributed by atoms with Gasteiger partial charge in [-0.05, 0) is 31.2 Å². The molecule has 112 valence electrons. The van der Waals surface area contributed by atoms with Crippen LogP contribution in [0.4, 0.5) is 0 Å². The Morgan fingerprint density at radius 1 is 0.864 bits per heavy atom. The first kappa shape index (κ1) is 14.1. The van der Waals surface area contributed by atoms with E-state index in [1.807, 2.05) is 55.5 Å². The molecule has 0 atom stereocenters. The molecule has 1 heterocycles. The Labute approximate surface area is 128 Å². The average molecular weight is 296 g/mol. The van der Waals surface area contributed by atoms with Gasteiger partial charge in [-0.1, -0.05) is 24.3 Å². The van der Waals surface area contributed by atoms with E-state index in [0.717, 1.165) is 16.9 Å². The van der Waals surface area contributed by atoms with Gasteiger partial charge < -0.3 is 13.9 Å². The van der Waals surface area contributed by atoms with Crippen LogP contribution in [0.5, 0.6) is 11.5 Å². The standard InChI is InChI=1S/C17H16N2O3/c1-3-21-15-11-7-5-9-13(15)17-19-18-16(22-17)12-8-4-6-10-14(12)20-2/h4-11H,3H2,1-2H3. The fraction of sp³-hybridized carbons (Fsp3) is 0.176. The van der Waals surface area contributed by atoms with Crippen LogP contribution < -0.4 is 9.47 Å². The molecule has 0 aliphatic rings. The van der Waals surface area contributed by atoms with Gasteiger partial charge in [0.2, 0.25) is 0 Å². The second kappa shape index (κ2) is 6.30. The summed E-state index contributed by atoms with van der Waals surface area (Å²) in [7, 11) is 1.61. The van der Waals surface area contributed by atoms with Crippen molar-refractivity contribution in [2.75, 3.05) is 13.7 Å². The summed E-state index contributed by atoms with van der Waals surface area (Å²) in [5, 5.41) is 8.25. The number of rotatable bonds is 5. The zero-order chi connectivity index (χ0) is 15.4. The predicted molar refractivity (Wildman–Crippen MR) is 82.9 cm³/mol. The summed E-state index contributed by atoms with van der Waals surface area (Å²) in [6.07, 6.45) is 0. The minimum atomic E-state index is 0.416. The number of hydrogen-bond donors (Lipinski definition) is 0. The molecule has 0 aliphatic carbocycles. The number of methoxy groups -OCH3 is 1.